The van der Waals surface area contributed by atoms with E-state index < -0.39 is 17.5 Å². The van der Waals surface area contributed by atoms with Crippen LogP contribution in [-0.4, -0.2) is 30.0 Å². The van der Waals surface area contributed by atoms with Crippen LogP contribution < -0.4 is 15.5 Å². The van der Waals surface area contributed by atoms with Gasteiger partial charge in [-0.2, -0.15) is 5.01 Å². The van der Waals surface area contributed by atoms with Gasteiger partial charge in [-0.25, -0.2) is 4.79 Å². The SMILES string of the molecule is CCCC(=O)NN1C(=O)N[C@@](C)(c2cccc(OC)c2)C1=O. The molecule has 0 spiro atoms. The molecule has 0 unspecified atom stereocenters. The number of benzene rings is 1. The molecule has 0 radical (unpaired) electrons. The quantitative estimate of drug-likeness (QED) is 0.803. The lowest BCUT2D eigenvalue weighted by Gasteiger charge is -2.22. The molecule has 7 heteroatoms. The Balaban J connectivity index is 2.27. The smallest absolute Gasteiger partial charge is 0.344 e. The summed E-state index contributed by atoms with van der Waals surface area (Å²) >= 11 is 0. The van der Waals surface area contributed by atoms with E-state index in [1.165, 1.54) is 7.11 Å². The molecule has 118 valence electrons. The van der Waals surface area contributed by atoms with Gasteiger partial charge in [-0.3, -0.25) is 15.0 Å². The Bertz CT molecular complexity index is 617. The predicted molar refractivity (Wildman–Crippen MR) is 78.8 cm³/mol. The minimum atomic E-state index is -1.24. The van der Waals surface area contributed by atoms with Gasteiger partial charge in [0.2, 0.25) is 5.91 Å². The molecule has 1 heterocycles. The molecule has 1 aliphatic rings. The molecule has 0 aromatic heterocycles. The number of hydrogen-bond acceptors (Lipinski definition) is 4. The van der Waals surface area contributed by atoms with Gasteiger partial charge in [-0.15, -0.1) is 0 Å². The average molecular weight is 305 g/mol. The van der Waals surface area contributed by atoms with Crippen molar-refractivity contribution in [2.24, 2.45) is 0 Å². The Kier molecular flexibility index (Phi) is 4.35. The van der Waals surface area contributed by atoms with Crippen molar-refractivity contribution < 1.29 is 19.1 Å². The fraction of sp³-hybridized carbons (Fsp3) is 0.400. The van der Waals surface area contributed by atoms with E-state index in [9.17, 15) is 14.4 Å². The Morgan fingerprint density at radius 3 is 2.77 bits per heavy atom. The zero-order valence-electron chi connectivity index (χ0n) is 12.8. The molecular formula is C15H19N3O4. The molecule has 0 aliphatic carbocycles. The third-order valence-electron chi connectivity index (χ3n) is 3.55. The van der Waals surface area contributed by atoms with Crippen LogP contribution in [0.25, 0.3) is 0 Å². The molecule has 1 aliphatic heterocycles. The topological polar surface area (TPSA) is 87.7 Å². The van der Waals surface area contributed by atoms with Crippen LogP contribution in [0.2, 0.25) is 0 Å². The first-order chi connectivity index (χ1) is 10.4. The minimum absolute atomic E-state index is 0.243. The summed E-state index contributed by atoms with van der Waals surface area (Å²) in [6.07, 6.45) is 0.871. The van der Waals surface area contributed by atoms with Crippen molar-refractivity contribution in [3.63, 3.8) is 0 Å². The normalized spacial score (nSPS) is 20.8. The zero-order chi connectivity index (χ0) is 16.3. The molecule has 0 saturated carbocycles. The predicted octanol–water partition coefficient (Wildman–Crippen LogP) is 1.29. The lowest BCUT2D eigenvalue weighted by molar-refractivity contribution is -0.139. The van der Waals surface area contributed by atoms with Crippen LogP contribution in [-0.2, 0) is 15.1 Å². The number of amides is 4. The minimum Gasteiger partial charge on any atom is -0.497 e. The van der Waals surface area contributed by atoms with Crippen molar-refractivity contribution in [3.8, 4) is 5.75 Å². The molecule has 1 atom stereocenters. The second-order valence-electron chi connectivity index (χ2n) is 5.21. The molecule has 4 amide bonds. The lowest BCUT2D eigenvalue weighted by atomic mass is 9.92. The number of hydrazine groups is 1. The Labute approximate surface area is 128 Å². The summed E-state index contributed by atoms with van der Waals surface area (Å²) in [4.78, 5) is 36.2. The Morgan fingerprint density at radius 2 is 2.14 bits per heavy atom. The van der Waals surface area contributed by atoms with Gasteiger partial charge >= 0.3 is 6.03 Å². The summed E-state index contributed by atoms with van der Waals surface area (Å²) < 4.78 is 5.14. The number of carbonyl (C=O) groups excluding carboxylic acids is 3. The maximum absolute atomic E-state index is 12.6. The van der Waals surface area contributed by atoms with E-state index in [4.69, 9.17) is 4.74 Å². The van der Waals surface area contributed by atoms with Crippen LogP contribution in [0.3, 0.4) is 0 Å². The first-order valence-electron chi connectivity index (χ1n) is 7.03. The van der Waals surface area contributed by atoms with Gasteiger partial charge in [0.1, 0.15) is 11.3 Å². The van der Waals surface area contributed by atoms with Gasteiger partial charge in [0.25, 0.3) is 5.91 Å². The molecule has 2 N–H and O–H groups in total. The maximum atomic E-state index is 12.6. The average Bonchev–Trinajstić information content (AvgIpc) is 2.72. The largest absolute Gasteiger partial charge is 0.497 e. The third-order valence-corrected chi connectivity index (χ3v) is 3.55. The zero-order valence-corrected chi connectivity index (χ0v) is 12.8. The van der Waals surface area contributed by atoms with Crippen molar-refractivity contribution in [1.29, 1.82) is 0 Å². The first-order valence-corrected chi connectivity index (χ1v) is 7.03. The van der Waals surface area contributed by atoms with Crippen molar-refractivity contribution in [2.45, 2.75) is 32.2 Å². The van der Waals surface area contributed by atoms with Gasteiger partial charge in [0.15, 0.2) is 0 Å². The van der Waals surface area contributed by atoms with E-state index in [1.54, 1.807) is 31.2 Å². The molecule has 7 nitrogen and oxygen atoms in total. The van der Waals surface area contributed by atoms with Gasteiger partial charge in [-0.1, -0.05) is 19.1 Å². The molecule has 2 rings (SSSR count). The first kappa shape index (κ1) is 15.8. The second kappa shape index (κ2) is 6.05. The summed E-state index contributed by atoms with van der Waals surface area (Å²) in [5, 5.41) is 3.35. The second-order valence-corrected chi connectivity index (χ2v) is 5.21. The van der Waals surface area contributed by atoms with Crippen LogP contribution in [0.5, 0.6) is 5.75 Å². The van der Waals surface area contributed by atoms with E-state index >= 15 is 0 Å². The molecular weight excluding hydrogens is 286 g/mol. The van der Waals surface area contributed by atoms with Crippen LogP contribution in [0.4, 0.5) is 4.79 Å². The number of urea groups is 1. The number of nitrogens with zero attached hydrogens (tertiary/aromatic N) is 1. The fourth-order valence-corrected chi connectivity index (χ4v) is 2.28. The lowest BCUT2D eigenvalue weighted by Crippen LogP contribution is -2.47. The molecule has 1 aromatic rings. The Hall–Kier alpha value is -2.57. The van der Waals surface area contributed by atoms with Crippen LogP contribution >= 0.6 is 0 Å². The fourth-order valence-electron chi connectivity index (χ4n) is 2.28. The number of rotatable bonds is 5. The molecule has 22 heavy (non-hydrogen) atoms. The summed E-state index contributed by atoms with van der Waals surface area (Å²) in [6.45, 7) is 3.43. The highest BCUT2D eigenvalue weighted by atomic mass is 16.5. The number of carbonyl (C=O) groups is 3. The molecule has 1 aromatic carbocycles. The van der Waals surface area contributed by atoms with Crippen LogP contribution in [0, 0.1) is 0 Å². The van der Waals surface area contributed by atoms with Gasteiger partial charge in [-0.05, 0) is 31.0 Å². The van der Waals surface area contributed by atoms with E-state index in [0.29, 0.717) is 17.7 Å². The highest BCUT2D eigenvalue weighted by Gasteiger charge is 2.50. The number of nitrogens with one attached hydrogen (secondary N) is 2. The number of ether oxygens (including phenoxy) is 1. The van der Waals surface area contributed by atoms with E-state index in [-0.39, 0.29) is 12.3 Å². The van der Waals surface area contributed by atoms with E-state index in [1.807, 2.05) is 6.92 Å². The number of methoxy groups -OCH3 is 1. The third kappa shape index (κ3) is 2.74. The number of hydrogen-bond donors (Lipinski definition) is 2. The van der Waals surface area contributed by atoms with Crippen LogP contribution in [0.15, 0.2) is 24.3 Å². The van der Waals surface area contributed by atoms with Gasteiger partial charge in [0.05, 0.1) is 7.11 Å². The standard InChI is InChI=1S/C15H19N3O4/c1-4-6-12(19)17-18-13(20)15(2,16-14(18)21)10-7-5-8-11(9-10)22-3/h5,7-9H,4,6H2,1-3H3,(H,16,21)(H,17,19)/t15-/m0/s1. The highest BCUT2D eigenvalue weighted by molar-refractivity contribution is 6.08. The molecule has 1 saturated heterocycles. The van der Waals surface area contributed by atoms with Crippen LogP contribution in [0.1, 0.15) is 32.3 Å². The summed E-state index contributed by atoms with van der Waals surface area (Å²) in [7, 11) is 1.52. The monoisotopic (exact) mass is 305 g/mol. The van der Waals surface area contributed by atoms with Gasteiger partial charge < -0.3 is 10.1 Å². The van der Waals surface area contributed by atoms with Gasteiger partial charge in [0, 0.05) is 6.42 Å². The summed E-state index contributed by atoms with van der Waals surface area (Å²) in [6, 6.07) is 6.22. The van der Waals surface area contributed by atoms with Crippen molar-refractivity contribution in [1.82, 2.24) is 15.8 Å². The van der Waals surface area contributed by atoms with E-state index in [0.717, 1.165) is 5.01 Å². The Morgan fingerprint density at radius 1 is 1.41 bits per heavy atom. The number of imide groups is 1. The molecule has 1 fully saturated rings. The van der Waals surface area contributed by atoms with Crippen molar-refractivity contribution >= 4 is 17.8 Å². The van der Waals surface area contributed by atoms with E-state index in [2.05, 4.69) is 10.7 Å². The van der Waals surface area contributed by atoms with Crippen molar-refractivity contribution in [3.05, 3.63) is 29.8 Å². The highest BCUT2D eigenvalue weighted by Crippen LogP contribution is 2.30. The molecule has 0 bridgehead atoms. The van der Waals surface area contributed by atoms with Crippen molar-refractivity contribution in [2.75, 3.05) is 7.11 Å². The maximum Gasteiger partial charge on any atom is 0.344 e. The summed E-state index contributed by atoms with van der Waals surface area (Å²) in [5.74, 6) is -0.328. The summed E-state index contributed by atoms with van der Waals surface area (Å²) in [5.41, 5.74) is 1.67.